The first kappa shape index (κ1) is 17.0. The number of hydrogen-bond acceptors (Lipinski definition) is 3. The van der Waals surface area contributed by atoms with Gasteiger partial charge in [-0.3, -0.25) is 0 Å². The highest BCUT2D eigenvalue weighted by Gasteiger charge is 2.32. The van der Waals surface area contributed by atoms with E-state index < -0.39 is 10.0 Å². The molecule has 1 heterocycles. The molecule has 0 aliphatic carbocycles. The molecule has 1 atom stereocenters. The first-order valence-electron chi connectivity index (χ1n) is 6.90. The Morgan fingerprint density at radius 1 is 1.33 bits per heavy atom. The van der Waals surface area contributed by atoms with Crippen LogP contribution >= 0.6 is 23.2 Å². The Hall–Kier alpha value is -0.330. The standard InChI is InChI=1S/C14H20Cl2N2O2S/c1-14(2)6-3-7-17-13(14)9-18-21(19,20)10-4-5-11(15)12(16)8-10/h4-5,8,13,17-18H,3,6-7,9H2,1-2H3. The van der Waals surface area contributed by atoms with Gasteiger partial charge in [0.25, 0.3) is 0 Å². The van der Waals surface area contributed by atoms with Gasteiger partial charge >= 0.3 is 0 Å². The van der Waals surface area contributed by atoms with Crippen LogP contribution in [-0.4, -0.2) is 27.5 Å². The molecular weight excluding hydrogens is 331 g/mol. The van der Waals surface area contributed by atoms with Crippen molar-refractivity contribution in [2.45, 2.75) is 37.6 Å². The molecule has 0 aromatic heterocycles. The van der Waals surface area contributed by atoms with Crippen molar-refractivity contribution in [2.24, 2.45) is 5.41 Å². The lowest BCUT2D eigenvalue weighted by atomic mass is 9.78. The Labute approximate surface area is 136 Å². The number of nitrogens with one attached hydrogen (secondary N) is 2. The third-order valence-electron chi connectivity index (χ3n) is 4.01. The normalized spacial score (nSPS) is 22.2. The molecule has 0 radical (unpaired) electrons. The van der Waals surface area contributed by atoms with E-state index in [0.29, 0.717) is 11.6 Å². The summed E-state index contributed by atoms with van der Waals surface area (Å²) >= 11 is 11.7. The van der Waals surface area contributed by atoms with Crippen LogP contribution in [0.2, 0.25) is 10.0 Å². The highest BCUT2D eigenvalue weighted by molar-refractivity contribution is 7.89. The summed E-state index contributed by atoms with van der Waals surface area (Å²) in [7, 11) is -3.58. The zero-order chi connectivity index (χ0) is 15.7. The topological polar surface area (TPSA) is 58.2 Å². The molecule has 1 aliphatic heterocycles. The van der Waals surface area contributed by atoms with E-state index in [1.165, 1.54) is 18.2 Å². The Morgan fingerprint density at radius 2 is 2.05 bits per heavy atom. The van der Waals surface area contributed by atoms with E-state index in [0.717, 1.165) is 19.4 Å². The van der Waals surface area contributed by atoms with Gasteiger partial charge in [-0.15, -0.1) is 0 Å². The van der Waals surface area contributed by atoms with Gasteiger partial charge in [-0.05, 0) is 43.0 Å². The number of sulfonamides is 1. The summed E-state index contributed by atoms with van der Waals surface area (Å²) in [6.45, 7) is 5.58. The molecule has 2 rings (SSSR count). The lowest BCUT2D eigenvalue weighted by molar-refractivity contribution is 0.181. The van der Waals surface area contributed by atoms with Crippen molar-refractivity contribution in [3.05, 3.63) is 28.2 Å². The Kier molecular flexibility index (Phi) is 5.21. The predicted octanol–water partition coefficient (Wildman–Crippen LogP) is 3.05. The van der Waals surface area contributed by atoms with E-state index in [9.17, 15) is 8.42 Å². The summed E-state index contributed by atoms with van der Waals surface area (Å²) in [5.74, 6) is 0. The monoisotopic (exact) mass is 350 g/mol. The predicted molar refractivity (Wildman–Crippen MR) is 86.5 cm³/mol. The van der Waals surface area contributed by atoms with Crippen LogP contribution < -0.4 is 10.0 Å². The van der Waals surface area contributed by atoms with E-state index in [2.05, 4.69) is 23.9 Å². The van der Waals surface area contributed by atoms with Gasteiger partial charge in [0.2, 0.25) is 10.0 Å². The Morgan fingerprint density at radius 3 is 2.67 bits per heavy atom. The molecular formula is C14H20Cl2N2O2S. The molecule has 1 saturated heterocycles. The van der Waals surface area contributed by atoms with E-state index in [1.54, 1.807) is 0 Å². The maximum atomic E-state index is 12.3. The molecule has 1 unspecified atom stereocenters. The van der Waals surface area contributed by atoms with Crippen LogP contribution in [0.1, 0.15) is 26.7 Å². The molecule has 0 amide bonds. The number of benzene rings is 1. The van der Waals surface area contributed by atoms with Crippen molar-refractivity contribution in [1.82, 2.24) is 10.0 Å². The molecule has 0 bridgehead atoms. The zero-order valence-electron chi connectivity index (χ0n) is 12.1. The minimum Gasteiger partial charge on any atom is -0.312 e. The van der Waals surface area contributed by atoms with Crippen molar-refractivity contribution >= 4 is 33.2 Å². The van der Waals surface area contributed by atoms with E-state index in [1.807, 2.05) is 0 Å². The highest BCUT2D eigenvalue weighted by Crippen LogP contribution is 2.30. The van der Waals surface area contributed by atoms with Gasteiger partial charge in [0.15, 0.2) is 0 Å². The summed E-state index contributed by atoms with van der Waals surface area (Å²) < 4.78 is 27.3. The molecule has 1 fully saturated rings. The number of hydrogen-bond donors (Lipinski definition) is 2. The smallest absolute Gasteiger partial charge is 0.240 e. The summed E-state index contributed by atoms with van der Waals surface area (Å²) in [5, 5.41) is 3.95. The van der Waals surface area contributed by atoms with Gasteiger partial charge in [0.1, 0.15) is 0 Å². The Balaban J connectivity index is 2.09. The first-order valence-corrected chi connectivity index (χ1v) is 9.14. The SMILES string of the molecule is CC1(C)CCCNC1CNS(=O)(=O)c1ccc(Cl)c(Cl)c1. The van der Waals surface area contributed by atoms with Gasteiger partial charge in [0.05, 0.1) is 14.9 Å². The molecule has 1 aliphatic rings. The van der Waals surface area contributed by atoms with Crippen LogP contribution in [0.25, 0.3) is 0 Å². The highest BCUT2D eigenvalue weighted by atomic mass is 35.5. The number of piperidine rings is 1. The van der Waals surface area contributed by atoms with Crippen LogP contribution in [0.15, 0.2) is 23.1 Å². The van der Waals surface area contributed by atoms with Crippen LogP contribution in [-0.2, 0) is 10.0 Å². The zero-order valence-corrected chi connectivity index (χ0v) is 14.4. The van der Waals surface area contributed by atoms with Gasteiger partial charge in [-0.1, -0.05) is 37.0 Å². The van der Waals surface area contributed by atoms with Crippen LogP contribution in [0.4, 0.5) is 0 Å². The van der Waals surface area contributed by atoms with Gasteiger partial charge in [0, 0.05) is 12.6 Å². The van der Waals surface area contributed by atoms with E-state index in [-0.39, 0.29) is 21.4 Å². The largest absolute Gasteiger partial charge is 0.312 e. The van der Waals surface area contributed by atoms with Crippen LogP contribution in [0.3, 0.4) is 0 Å². The maximum absolute atomic E-state index is 12.3. The molecule has 0 spiro atoms. The summed E-state index contributed by atoms with van der Waals surface area (Å²) in [6.07, 6.45) is 2.20. The average Bonchev–Trinajstić information content (AvgIpc) is 2.40. The maximum Gasteiger partial charge on any atom is 0.240 e. The van der Waals surface area contributed by atoms with E-state index >= 15 is 0 Å². The summed E-state index contributed by atoms with van der Waals surface area (Å²) in [4.78, 5) is 0.130. The first-order chi connectivity index (χ1) is 9.72. The fourth-order valence-corrected chi connectivity index (χ4v) is 3.98. The van der Waals surface area contributed by atoms with Crippen molar-refractivity contribution in [3.8, 4) is 0 Å². The van der Waals surface area contributed by atoms with Crippen molar-refractivity contribution in [1.29, 1.82) is 0 Å². The second-order valence-corrected chi connectivity index (χ2v) is 8.61. The van der Waals surface area contributed by atoms with Crippen molar-refractivity contribution < 1.29 is 8.42 Å². The van der Waals surface area contributed by atoms with Gasteiger partial charge in [-0.25, -0.2) is 13.1 Å². The van der Waals surface area contributed by atoms with Gasteiger partial charge < -0.3 is 5.32 Å². The third-order valence-corrected chi connectivity index (χ3v) is 6.17. The molecule has 4 nitrogen and oxygen atoms in total. The molecule has 0 saturated carbocycles. The number of rotatable bonds is 4. The quantitative estimate of drug-likeness (QED) is 0.877. The molecule has 21 heavy (non-hydrogen) atoms. The minimum absolute atomic E-state index is 0.0679. The Bertz CT molecular complexity index is 617. The minimum atomic E-state index is -3.58. The average molecular weight is 351 g/mol. The fourth-order valence-electron chi connectivity index (χ4n) is 2.54. The van der Waals surface area contributed by atoms with E-state index in [4.69, 9.17) is 23.2 Å². The second kappa shape index (κ2) is 6.42. The number of halogens is 2. The summed E-state index contributed by atoms with van der Waals surface area (Å²) in [6, 6.07) is 4.42. The summed E-state index contributed by atoms with van der Waals surface area (Å²) in [5.41, 5.74) is 0.0679. The molecule has 118 valence electrons. The molecule has 7 heteroatoms. The third kappa shape index (κ3) is 4.11. The fraction of sp³-hybridized carbons (Fsp3) is 0.571. The van der Waals surface area contributed by atoms with Crippen molar-refractivity contribution in [2.75, 3.05) is 13.1 Å². The van der Waals surface area contributed by atoms with Gasteiger partial charge in [-0.2, -0.15) is 0 Å². The lowest BCUT2D eigenvalue weighted by Gasteiger charge is -2.39. The van der Waals surface area contributed by atoms with Crippen LogP contribution in [0, 0.1) is 5.41 Å². The van der Waals surface area contributed by atoms with Crippen LogP contribution in [0.5, 0.6) is 0 Å². The second-order valence-electron chi connectivity index (χ2n) is 6.03. The molecule has 1 aromatic carbocycles. The lowest BCUT2D eigenvalue weighted by Crippen LogP contribution is -2.52. The molecule has 1 aromatic rings. The molecule has 2 N–H and O–H groups in total. The van der Waals surface area contributed by atoms with Crippen molar-refractivity contribution in [3.63, 3.8) is 0 Å².